The smallest absolute Gasteiger partial charge is 0.403 e. The lowest BCUT2D eigenvalue weighted by Crippen LogP contribution is -2.03. The van der Waals surface area contributed by atoms with Gasteiger partial charge in [-0.05, 0) is 0 Å². The molecule has 0 rings (SSSR count). The molecule has 0 aromatic carbocycles. The highest BCUT2D eigenvalue weighted by atomic mass is 35.5. The second-order valence-electron chi connectivity index (χ2n) is 1.76. The Morgan fingerprint density at radius 3 is 2.89 bits per heavy atom. The first-order valence-corrected chi connectivity index (χ1v) is 2.99. The lowest BCUT2D eigenvalue weighted by atomic mass is 10.2. The standard InChI is InChI=1S/C6H9ClO2/c1-3-5(2)4-9-6(7)8/h3,5H,1,4H2,2H3. The minimum atomic E-state index is -0.760. The third-order valence-electron chi connectivity index (χ3n) is 0.862. The highest BCUT2D eigenvalue weighted by Gasteiger charge is 1.98. The Morgan fingerprint density at radius 2 is 2.56 bits per heavy atom. The van der Waals surface area contributed by atoms with Crippen molar-refractivity contribution in [2.24, 2.45) is 5.92 Å². The fraction of sp³-hybridized carbons (Fsp3) is 0.500. The molecule has 0 bridgehead atoms. The van der Waals surface area contributed by atoms with Gasteiger partial charge in [0.05, 0.1) is 6.61 Å². The Hall–Kier alpha value is -0.500. The summed E-state index contributed by atoms with van der Waals surface area (Å²) in [5, 5.41) is 0. The molecule has 3 heteroatoms. The SMILES string of the molecule is C=CC(C)COC(=O)Cl. The van der Waals surface area contributed by atoms with Crippen LogP contribution in [0.2, 0.25) is 0 Å². The second-order valence-corrected chi connectivity index (χ2v) is 2.07. The van der Waals surface area contributed by atoms with Gasteiger partial charge in [-0.3, -0.25) is 0 Å². The number of ether oxygens (including phenoxy) is 1. The summed E-state index contributed by atoms with van der Waals surface area (Å²) in [5.74, 6) is 0.174. The van der Waals surface area contributed by atoms with E-state index in [9.17, 15) is 4.79 Å². The van der Waals surface area contributed by atoms with Gasteiger partial charge in [0, 0.05) is 17.5 Å². The maximum absolute atomic E-state index is 9.97. The molecule has 0 saturated heterocycles. The highest BCUT2D eigenvalue weighted by Crippen LogP contribution is 1.97. The molecule has 0 N–H and O–H groups in total. The minimum absolute atomic E-state index is 0.174. The zero-order chi connectivity index (χ0) is 7.28. The van der Waals surface area contributed by atoms with Crippen LogP contribution in [0.4, 0.5) is 4.79 Å². The molecule has 1 unspecified atom stereocenters. The zero-order valence-corrected chi connectivity index (χ0v) is 6.02. The number of halogens is 1. The minimum Gasteiger partial charge on any atom is -0.453 e. The van der Waals surface area contributed by atoms with Crippen molar-refractivity contribution in [1.82, 2.24) is 0 Å². The first-order valence-electron chi connectivity index (χ1n) is 2.61. The topological polar surface area (TPSA) is 26.3 Å². The Balaban J connectivity index is 3.26. The molecule has 1 atom stereocenters. The summed E-state index contributed by atoms with van der Waals surface area (Å²) >= 11 is 4.88. The van der Waals surface area contributed by atoms with Gasteiger partial charge in [0.25, 0.3) is 0 Å². The number of rotatable bonds is 3. The van der Waals surface area contributed by atoms with Crippen LogP contribution in [-0.2, 0) is 4.74 Å². The molecule has 2 nitrogen and oxygen atoms in total. The first kappa shape index (κ1) is 8.50. The third-order valence-corrected chi connectivity index (χ3v) is 0.971. The molecule has 9 heavy (non-hydrogen) atoms. The first-order chi connectivity index (χ1) is 4.16. The van der Waals surface area contributed by atoms with Gasteiger partial charge >= 0.3 is 5.43 Å². The largest absolute Gasteiger partial charge is 0.453 e. The van der Waals surface area contributed by atoms with E-state index in [4.69, 9.17) is 11.6 Å². The van der Waals surface area contributed by atoms with Crippen LogP contribution in [-0.4, -0.2) is 12.0 Å². The maximum atomic E-state index is 9.97. The van der Waals surface area contributed by atoms with E-state index in [0.29, 0.717) is 6.61 Å². The van der Waals surface area contributed by atoms with Crippen molar-refractivity contribution < 1.29 is 9.53 Å². The van der Waals surface area contributed by atoms with Crippen molar-refractivity contribution in [3.05, 3.63) is 12.7 Å². The van der Waals surface area contributed by atoms with Gasteiger partial charge in [0.2, 0.25) is 0 Å². The van der Waals surface area contributed by atoms with Crippen molar-refractivity contribution in [2.75, 3.05) is 6.61 Å². The fourth-order valence-electron chi connectivity index (χ4n) is 0.265. The van der Waals surface area contributed by atoms with Crippen molar-refractivity contribution in [2.45, 2.75) is 6.92 Å². The van der Waals surface area contributed by atoms with Gasteiger partial charge in [-0.25, -0.2) is 4.79 Å². The van der Waals surface area contributed by atoms with Crippen LogP contribution >= 0.6 is 11.6 Å². The molecule has 0 amide bonds. The molecular formula is C6H9ClO2. The van der Waals surface area contributed by atoms with Gasteiger partial charge in [-0.15, -0.1) is 6.58 Å². The lowest BCUT2D eigenvalue weighted by Gasteiger charge is -2.02. The van der Waals surface area contributed by atoms with Crippen molar-refractivity contribution >= 4 is 17.0 Å². The van der Waals surface area contributed by atoms with Gasteiger partial charge < -0.3 is 4.74 Å². The number of carbonyl (C=O) groups is 1. The second kappa shape index (κ2) is 4.39. The summed E-state index contributed by atoms with van der Waals surface area (Å²) in [4.78, 5) is 9.97. The van der Waals surface area contributed by atoms with Gasteiger partial charge in [-0.1, -0.05) is 13.0 Å². The molecular weight excluding hydrogens is 140 g/mol. The normalized spacial score (nSPS) is 12.2. The van der Waals surface area contributed by atoms with E-state index >= 15 is 0 Å². The van der Waals surface area contributed by atoms with Crippen LogP contribution in [0.1, 0.15) is 6.92 Å². The predicted molar refractivity (Wildman–Crippen MR) is 36.6 cm³/mol. The molecule has 0 aliphatic rings. The Bertz CT molecular complexity index is 112. The van der Waals surface area contributed by atoms with E-state index in [1.807, 2.05) is 6.92 Å². The van der Waals surface area contributed by atoms with Gasteiger partial charge in [0.15, 0.2) is 0 Å². The Morgan fingerprint density at radius 1 is 2.00 bits per heavy atom. The lowest BCUT2D eigenvalue weighted by molar-refractivity contribution is 0.163. The molecule has 0 spiro atoms. The number of hydrogen-bond donors (Lipinski definition) is 0. The average Bonchev–Trinajstić information content (AvgIpc) is 1.83. The van der Waals surface area contributed by atoms with E-state index in [0.717, 1.165) is 0 Å². The molecule has 52 valence electrons. The summed E-state index contributed by atoms with van der Waals surface area (Å²) in [5.41, 5.74) is -0.760. The molecule has 0 aromatic rings. The Labute approximate surface area is 59.5 Å². The molecule has 0 aromatic heterocycles. The summed E-state index contributed by atoms with van der Waals surface area (Å²) in [6.07, 6.45) is 1.69. The molecule has 0 aliphatic carbocycles. The molecule has 0 fully saturated rings. The number of hydrogen-bond acceptors (Lipinski definition) is 2. The van der Waals surface area contributed by atoms with E-state index in [-0.39, 0.29) is 5.92 Å². The summed E-state index contributed by atoms with van der Waals surface area (Å²) < 4.78 is 4.45. The summed E-state index contributed by atoms with van der Waals surface area (Å²) in [6.45, 7) is 5.70. The van der Waals surface area contributed by atoms with Gasteiger partial charge in [-0.2, -0.15) is 0 Å². The predicted octanol–water partition coefficient (Wildman–Crippen LogP) is 2.18. The van der Waals surface area contributed by atoms with Crippen molar-refractivity contribution in [3.63, 3.8) is 0 Å². The van der Waals surface area contributed by atoms with Crippen LogP contribution in [0.25, 0.3) is 0 Å². The van der Waals surface area contributed by atoms with Gasteiger partial charge in [0.1, 0.15) is 0 Å². The summed E-state index contributed by atoms with van der Waals surface area (Å²) in [7, 11) is 0. The van der Waals surface area contributed by atoms with Crippen LogP contribution in [0, 0.1) is 5.92 Å². The molecule has 0 heterocycles. The van der Waals surface area contributed by atoms with E-state index in [1.165, 1.54) is 0 Å². The number of carbonyl (C=O) groups excluding carboxylic acids is 1. The fourth-order valence-corrected chi connectivity index (χ4v) is 0.328. The maximum Gasteiger partial charge on any atom is 0.403 e. The van der Waals surface area contributed by atoms with Crippen LogP contribution in [0.15, 0.2) is 12.7 Å². The van der Waals surface area contributed by atoms with Crippen LogP contribution in [0.5, 0.6) is 0 Å². The van der Waals surface area contributed by atoms with E-state index in [1.54, 1.807) is 6.08 Å². The van der Waals surface area contributed by atoms with Crippen molar-refractivity contribution in [3.8, 4) is 0 Å². The van der Waals surface area contributed by atoms with Crippen molar-refractivity contribution in [1.29, 1.82) is 0 Å². The zero-order valence-electron chi connectivity index (χ0n) is 5.26. The molecule has 0 saturated carbocycles. The van der Waals surface area contributed by atoms with E-state index < -0.39 is 5.43 Å². The van der Waals surface area contributed by atoms with Crippen LogP contribution < -0.4 is 0 Å². The highest BCUT2D eigenvalue weighted by molar-refractivity contribution is 6.61. The van der Waals surface area contributed by atoms with Crippen LogP contribution in [0.3, 0.4) is 0 Å². The monoisotopic (exact) mass is 148 g/mol. The Kier molecular flexibility index (Phi) is 4.14. The molecule has 0 aliphatic heterocycles. The van der Waals surface area contributed by atoms with E-state index in [2.05, 4.69) is 11.3 Å². The molecule has 0 radical (unpaired) electrons. The third kappa shape index (κ3) is 5.37. The average molecular weight is 149 g/mol. The summed E-state index contributed by atoms with van der Waals surface area (Å²) in [6, 6.07) is 0. The quantitative estimate of drug-likeness (QED) is 0.453.